The minimum atomic E-state index is -0.973. The number of carbonyl (C=O) groups excluding carboxylic acids is 4. The van der Waals surface area contributed by atoms with Crippen molar-refractivity contribution in [1.29, 1.82) is 0 Å². The fourth-order valence-electron chi connectivity index (χ4n) is 3.61. The molecule has 1 atom stereocenters. The zero-order valence-corrected chi connectivity index (χ0v) is 19.6. The second-order valence-electron chi connectivity index (χ2n) is 7.48. The molecule has 0 bridgehead atoms. The number of nitrogens with one attached hydrogen (secondary N) is 1. The lowest BCUT2D eigenvalue weighted by Crippen LogP contribution is -2.37. The molecule has 2 aromatic carbocycles. The average Bonchev–Trinajstić information content (AvgIpc) is 3.42. The molecule has 1 aliphatic heterocycles. The minimum absolute atomic E-state index is 0.206. The molecule has 10 heteroatoms. The largest absolute Gasteiger partial charge is 0.465 e. The lowest BCUT2D eigenvalue weighted by molar-refractivity contribution is -0.124. The number of methoxy groups -OCH3 is 1. The molecule has 174 valence electrons. The second-order valence-corrected chi connectivity index (χ2v) is 8.95. The number of thiophene rings is 1. The molecule has 0 unspecified atom stereocenters. The summed E-state index contributed by atoms with van der Waals surface area (Å²) in [6, 6.07) is 14.8. The molecular formula is C24H20ClN3O5S. The molecule has 0 spiro atoms. The van der Waals surface area contributed by atoms with Crippen LogP contribution >= 0.6 is 22.9 Å². The number of rotatable bonds is 7. The molecule has 4 rings (SSSR count). The Morgan fingerprint density at radius 2 is 1.76 bits per heavy atom. The smallest absolute Gasteiger partial charge is 0.337 e. The number of hydrogen-bond acceptors (Lipinski definition) is 6. The maximum absolute atomic E-state index is 13.3. The highest BCUT2D eigenvalue weighted by molar-refractivity contribution is 7.09. The first kappa shape index (κ1) is 23.5. The van der Waals surface area contributed by atoms with Crippen LogP contribution in [0.25, 0.3) is 0 Å². The summed E-state index contributed by atoms with van der Waals surface area (Å²) < 4.78 is 4.66. The molecule has 1 N–H and O–H groups in total. The van der Waals surface area contributed by atoms with Crippen molar-refractivity contribution in [2.45, 2.75) is 19.0 Å². The highest BCUT2D eigenvalue weighted by Crippen LogP contribution is 2.30. The highest BCUT2D eigenvalue weighted by Gasteiger charge is 2.46. The fraction of sp³-hybridized carbons (Fsp3) is 0.167. The van der Waals surface area contributed by atoms with Gasteiger partial charge in [-0.15, -0.1) is 11.3 Å². The Morgan fingerprint density at radius 1 is 1.06 bits per heavy atom. The summed E-state index contributed by atoms with van der Waals surface area (Å²) in [5.41, 5.74) is 1.18. The van der Waals surface area contributed by atoms with E-state index in [-0.39, 0.29) is 13.0 Å². The van der Waals surface area contributed by atoms with Gasteiger partial charge in [0.2, 0.25) is 5.91 Å². The van der Waals surface area contributed by atoms with Crippen molar-refractivity contribution in [3.63, 3.8) is 0 Å². The van der Waals surface area contributed by atoms with Crippen molar-refractivity contribution in [3.05, 3.63) is 81.5 Å². The molecule has 4 amide bonds. The van der Waals surface area contributed by atoms with Gasteiger partial charge in [0, 0.05) is 15.6 Å². The summed E-state index contributed by atoms with van der Waals surface area (Å²) in [6.45, 7) is 0.206. The number of carbonyl (C=O) groups is 4. The lowest BCUT2D eigenvalue weighted by atomic mass is 10.1. The molecule has 0 saturated carbocycles. The Kier molecular flexibility index (Phi) is 6.95. The number of esters is 1. The normalized spacial score (nSPS) is 15.5. The maximum Gasteiger partial charge on any atom is 0.337 e. The number of anilines is 2. The third kappa shape index (κ3) is 4.95. The van der Waals surface area contributed by atoms with Crippen molar-refractivity contribution in [2.75, 3.05) is 17.3 Å². The minimum Gasteiger partial charge on any atom is -0.465 e. The van der Waals surface area contributed by atoms with Gasteiger partial charge in [-0.2, -0.15) is 0 Å². The van der Waals surface area contributed by atoms with Crippen LogP contribution in [0.15, 0.2) is 66.0 Å². The van der Waals surface area contributed by atoms with E-state index in [1.165, 1.54) is 35.5 Å². The first-order chi connectivity index (χ1) is 16.4. The van der Waals surface area contributed by atoms with Crippen LogP contribution in [0.1, 0.15) is 21.7 Å². The van der Waals surface area contributed by atoms with E-state index in [2.05, 4.69) is 10.1 Å². The predicted molar refractivity (Wildman–Crippen MR) is 129 cm³/mol. The van der Waals surface area contributed by atoms with Crippen LogP contribution in [0, 0.1) is 0 Å². The first-order valence-electron chi connectivity index (χ1n) is 10.3. The zero-order valence-electron chi connectivity index (χ0n) is 18.1. The van der Waals surface area contributed by atoms with Gasteiger partial charge in [0.05, 0.1) is 31.3 Å². The van der Waals surface area contributed by atoms with E-state index in [1.807, 2.05) is 17.5 Å². The first-order valence-corrected chi connectivity index (χ1v) is 11.5. The van der Waals surface area contributed by atoms with Crippen LogP contribution in [0.3, 0.4) is 0 Å². The molecule has 3 aromatic rings. The van der Waals surface area contributed by atoms with Crippen LogP contribution in [0.2, 0.25) is 5.02 Å². The number of halogens is 1. The Balaban J connectivity index is 1.53. The van der Waals surface area contributed by atoms with Crippen molar-refractivity contribution in [2.24, 2.45) is 0 Å². The van der Waals surface area contributed by atoms with Crippen molar-refractivity contribution >= 4 is 58.1 Å². The molecule has 2 heterocycles. The van der Waals surface area contributed by atoms with Crippen LogP contribution in [0.5, 0.6) is 0 Å². The number of hydrogen-bond donors (Lipinski definition) is 1. The lowest BCUT2D eigenvalue weighted by Gasteiger charge is -2.21. The number of benzene rings is 2. The average molecular weight is 498 g/mol. The van der Waals surface area contributed by atoms with Crippen molar-refractivity contribution < 1.29 is 23.9 Å². The van der Waals surface area contributed by atoms with Gasteiger partial charge in [-0.25, -0.2) is 14.5 Å². The number of urea groups is 1. The Labute approximate surface area is 204 Å². The van der Waals surface area contributed by atoms with Crippen LogP contribution in [-0.4, -0.2) is 41.9 Å². The van der Waals surface area contributed by atoms with Gasteiger partial charge in [0.25, 0.3) is 5.91 Å². The maximum atomic E-state index is 13.3. The summed E-state index contributed by atoms with van der Waals surface area (Å²) in [5.74, 6) is -1.41. The number of ether oxygens (including phenoxy) is 1. The Hall–Kier alpha value is -3.69. The second kappa shape index (κ2) is 10.1. The van der Waals surface area contributed by atoms with E-state index in [0.717, 1.165) is 9.78 Å². The SMILES string of the molecule is COC(=O)c1ccc(NC(=O)C[C@H]2C(=O)N(c3ccc(Cl)cc3)C(=O)N2Cc2cccs2)cc1. The molecule has 1 aliphatic rings. The molecule has 1 aromatic heterocycles. The fourth-order valence-corrected chi connectivity index (χ4v) is 4.44. The third-order valence-corrected chi connectivity index (χ3v) is 6.39. The van der Waals surface area contributed by atoms with Crippen LogP contribution in [0.4, 0.5) is 16.2 Å². The number of amides is 4. The Morgan fingerprint density at radius 3 is 2.38 bits per heavy atom. The van der Waals surface area contributed by atoms with Gasteiger partial charge in [-0.1, -0.05) is 17.7 Å². The molecule has 34 heavy (non-hydrogen) atoms. The highest BCUT2D eigenvalue weighted by atomic mass is 35.5. The van der Waals surface area contributed by atoms with Gasteiger partial charge in [-0.05, 0) is 60.0 Å². The number of nitrogens with zero attached hydrogens (tertiary/aromatic N) is 2. The van der Waals surface area contributed by atoms with Gasteiger partial charge in [0.1, 0.15) is 6.04 Å². The quantitative estimate of drug-likeness (QED) is 0.381. The van der Waals surface area contributed by atoms with E-state index in [4.69, 9.17) is 11.6 Å². The van der Waals surface area contributed by atoms with Gasteiger partial charge >= 0.3 is 12.0 Å². The molecule has 0 radical (unpaired) electrons. The molecule has 1 saturated heterocycles. The predicted octanol–water partition coefficient (Wildman–Crippen LogP) is 4.55. The summed E-state index contributed by atoms with van der Waals surface area (Å²) >= 11 is 7.41. The summed E-state index contributed by atoms with van der Waals surface area (Å²) in [5, 5.41) is 5.08. The van der Waals surface area contributed by atoms with E-state index < -0.39 is 29.9 Å². The molecule has 8 nitrogen and oxygen atoms in total. The Bertz CT molecular complexity index is 1210. The standard InChI is InChI=1S/C24H20ClN3O5S/c1-33-23(31)15-4-8-17(9-5-15)26-21(29)13-20-22(30)28(18-10-6-16(25)7-11-18)24(32)27(20)14-19-3-2-12-34-19/h2-12,20H,13-14H2,1H3,(H,26,29)/t20-/m0/s1. The van der Waals surface area contributed by atoms with E-state index in [9.17, 15) is 19.2 Å². The topological polar surface area (TPSA) is 96.0 Å². The zero-order chi connectivity index (χ0) is 24.2. The van der Waals surface area contributed by atoms with Crippen molar-refractivity contribution in [1.82, 2.24) is 4.90 Å². The summed E-state index contributed by atoms with van der Waals surface area (Å²) in [4.78, 5) is 54.3. The van der Waals surface area contributed by atoms with Crippen LogP contribution in [-0.2, 0) is 20.9 Å². The van der Waals surface area contributed by atoms with Gasteiger partial charge in [-0.3, -0.25) is 9.59 Å². The van der Waals surface area contributed by atoms with E-state index in [0.29, 0.717) is 22.0 Å². The van der Waals surface area contributed by atoms with E-state index >= 15 is 0 Å². The monoisotopic (exact) mass is 497 g/mol. The van der Waals surface area contributed by atoms with Crippen LogP contribution < -0.4 is 10.2 Å². The summed E-state index contributed by atoms with van der Waals surface area (Å²) in [6.07, 6.45) is -0.223. The molecule has 0 aliphatic carbocycles. The summed E-state index contributed by atoms with van der Waals surface area (Å²) in [7, 11) is 1.28. The van der Waals surface area contributed by atoms with Gasteiger partial charge < -0.3 is 15.0 Å². The number of imide groups is 1. The third-order valence-electron chi connectivity index (χ3n) is 5.28. The van der Waals surface area contributed by atoms with E-state index in [1.54, 1.807) is 36.4 Å². The molecular weight excluding hydrogens is 478 g/mol. The molecule has 1 fully saturated rings. The van der Waals surface area contributed by atoms with Gasteiger partial charge in [0.15, 0.2) is 0 Å². The van der Waals surface area contributed by atoms with Crippen molar-refractivity contribution in [3.8, 4) is 0 Å².